The topological polar surface area (TPSA) is 41.1 Å². The maximum absolute atomic E-state index is 12.8. The Kier molecular flexibility index (Phi) is 4.65. The van der Waals surface area contributed by atoms with Crippen LogP contribution in [0.3, 0.4) is 0 Å². The summed E-state index contributed by atoms with van der Waals surface area (Å²) in [4.78, 5) is 11.7. The van der Waals surface area contributed by atoms with Gasteiger partial charge in [-0.2, -0.15) is 13.2 Å². The summed E-state index contributed by atoms with van der Waals surface area (Å²) in [5.74, 6) is -0.379. The van der Waals surface area contributed by atoms with Gasteiger partial charge in [-0.25, -0.2) is 0 Å². The summed E-state index contributed by atoms with van der Waals surface area (Å²) >= 11 is 0. The molecule has 1 unspecified atom stereocenters. The summed E-state index contributed by atoms with van der Waals surface area (Å²) in [7, 11) is 0. The number of carbonyl (C=O) groups is 1. The van der Waals surface area contributed by atoms with Crippen molar-refractivity contribution < 1.29 is 18.0 Å². The molecule has 2 rings (SSSR count). The molecule has 0 saturated carbocycles. The van der Waals surface area contributed by atoms with Gasteiger partial charge in [-0.05, 0) is 31.0 Å². The van der Waals surface area contributed by atoms with Crippen LogP contribution < -0.4 is 10.6 Å². The van der Waals surface area contributed by atoms with Crippen LogP contribution in [0.25, 0.3) is 0 Å². The molecule has 2 N–H and O–H groups in total. The number of hydrogen-bond donors (Lipinski definition) is 2. The summed E-state index contributed by atoms with van der Waals surface area (Å²) in [6, 6.07) is 5.41. The number of halogens is 3. The number of benzene rings is 1. The van der Waals surface area contributed by atoms with Gasteiger partial charge in [0, 0.05) is 12.6 Å². The monoisotopic (exact) mass is 286 g/mol. The van der Waals surface area contributed by atoms with Crippen molar-refractivity contribution in [1.82, 2.24) is 10.6 Å². The SMILES string of the molecule is O=C(Cc1ccccc1C(F)(F)F)NCC1CCCN1. The van der Waals surface area contributed by atoms with Gasteiger partial charge in [0.25, 0.3) is 0 Å². The van der Waals surface area contributed by atoms with Crippen molar-refractivity contribution >= 4 is 5.91 Å². The highest BCUT2D eigenvalue weighted by Gasteiger charge is 2.33. The van der Waals surface area contributed by atoms with E-state index < -0.39 is 11.7 Å². The second-order valence-corrected chi connectivity index (χ2v) is 4.93. The van der Waals surface area contributed by atoms with E-state index in [1.54, 1.807) is 0 Å². The van der Waals surface area contributed by atoms with E-state index in [4.69, 9.17) is 0 Å². The average molecular weight is 286 g/mol. The lowest BCUT2D eigenvalue weighted by Gasteiger charge is -2.14. The number of rotatable bonds is 4. The van der Waals surface area contributed by atoms with E-state index >= 15 is 0 Å². The summed E-state index contributed by atoms with van der Waals surface area (Å²) < 4.78 is 38.4. The largest absolute Gasteiger partial charge is 0.416 e. The maximum Gasteiger partial charge on any atom is 0.416 e. The van der Waals surface area contributed by atoms with Crippen LogP contribution >= 0.6 is 0 Å². The fraction of sp³-hybridized carbons (Fsp3) is 0.500. The Morgan fingerprint density at radius 3 is 2.75 bits per heavy atom. The standard InChI is InChI=1S/C14H17F3N2O/c15-14(16,17)12-6-2-1-4-10(12)8-13(20)19-9-11-5-3-7-18-11/h1-2,4,6,11,18H,3,5,7-9H2,(H,19,20). The third-order valence-electron chi connectivity index (χ3n) is 3.38. The minimum absolute atomic E-state index is 0.0110. The molecule has 1 aromatic rings. The zero-order valence-corrected chi connectivity index (χ0v) is 11.0. The smallest absolute Gasteiger partial charge is 0.354 e. The van der Waals surface area contributed by atoms with Gasteiger partial charge < -0.3 is 10.6 Å². The van der Waals surface area contributed by atoms with Crippen molar-refractivity contribution in [3.8, 4) is 0 Å². The fourth-order valence-electron chi connectivity index (χ4n) is 2.35. The Bertz CT molecular complexity index is 468. The van der Waals surface area contributed by atoms with Crippen LogP contribution in [0, 0.1) is 0 Å². The predicted molar refractivity (Wildman–Crippen MR) is 69.2 cm³/mol. The second kappa shape index (κ2) is 6.26. The molecule has 1 amide bonds. The zero-order valence-electron chi connectivity index (χ0n) is 11.0. The molecule has 0 aliphatic carbocycles. The molecule has 0 aromatic heterocycles. The van der Waals surface area contributed by atoms with E-state index in [-0.39, 0.29) is 23.9 Å². The van der Waals surface area contributed by atoms with Gasteiger partial charge in [-0.3, -0.25) is 4.79 Å². The summed E-state index contributed by atoms with van der Waals surface area (Å²) in [6.45, 7) is 1.39. The Morgan fingerprint density at radius 1 is 1.35 bits per heavy atom. The molecule has 1 aliphatic rings. The normalized spacial score (nSPS) is 19.1. The number of carbonyl (C=O) groups excluding carboxylic acids is 1. The van der Waals surface area contributed by atoms with Crippen LogP contribution in [0.5, 0.6) is 0 Å². The van der Waals surface area contributed by atoms with E-state index in [9.17, 15) is 18.0 Å². The Labute approximate surface area is 115 Å². The Morgan fingerprint density at radius 2 is 2.10 bits per heavy atom. The van der Waals surface area contributed by atoms with E-state index in [2.05, 4.69) is 10.6 Å². The van der Waals surface area contributed by atoms with Gasteiger partial charge in [0.2, 0.25) is 5.91 Å². The first kappa shape index (κ1) is 14.8. The highest BCUT2D eigenvalue weighted by atomic mass is 19.4. The van der Waals surface area contributed by atoms with E-state index in [0.29, 0.717) is 6.54 Å². The number of alkyl halides is 3. The van der Waals surface area contributed by atoms with Crippen LogP contribution in [0.2, 0.25) is 0 Å². The summed E-state index contributed by atoms with van der Waals surface area (Å²) in [5.41, 5.74) is -0.731. The molecular weight excluding hydrogens is 269 g/mol. The quantitative estimate of drug-likeness (QED) is 0.890. The molecule has 1 saturated heterocycles. The van der Waals surface area contributed by atoms with Gasteiger partial charge in [-0.1, -0.05) is 18.2 Å². The van der Waals surface area contributed by atoms with Gasteiger partial charge in [0.05, 0.1) is 12.0 Å². The molecule has 1 atom stereocenters. The first-order valence-electron chi connectivity index (χ1n) is 6.62. The molecule has 0 radical (unpaired) electrons. The van der Waals surface area contributed by atoms with Gasteiger partial charge in [0.15, 0.2) is 0 Å². The summed E-state index contributed by atoms with van der Waals surface area (Å²) in [5, 5.41) is 5.90. The first-order valence-corrected chi connectivity index (χ1v) is 6.62. The lowest BCUT2D eigenvalue weighted by atomic mass is 10.0. The predicted octanol–water partition coefficient (Wildman–Crippen LogP) is 2.12. The lowest BCUT2D eigenvalue weighted by Crippen LogP contribution is -2.38. The van der Waals surface area contributed by atoms with Gasteiger partial charge >= 0.3 is 6.18 Å². The van der Waals surface area contributed by atoms with E-state index in [1.807, 2.05) is 0 Å². The van der Waals surface area contributed by atoms with Gasteiger partial charge in [0.1, 0.15) is 0 Å². The van der Waals surface area contributed by atoms with Gasteiger partial charge in [-0.15, -0.1) is 0 Å². The summed E-state index contributed by atoms with van der Waals surface area (Å²) in [6.07, 6.45) is -2.62. The van der Waals surface area contributed by atoms with Crippen LogP contribution in [-0.2, 0) is 17.4 Å². The molecule has 110 valence electrons. The van der Waals surface area contributed by atoms with Crippen molar-refractivity contribution in [2.75, 3.05) is 13.1 Å². The molecule has 1 heterocycles. The van der Waals surface area contributed by atoms with Crippen LogP contribution in [0.4, 0.5) is 13.2 Å². The highest BCUT2D eigenvalue weighted by Crippen LogP contribution is 2.31. The van der Waals surface area contributed by atoms with Crippen molar-refractivity contribution in [2.45, 2.75) is 31.5 Å². The molecule has 6 heteroatoms. The molecular formula is C14H17F3N2O. The second-order valence-electron chi connectivity index (χ2n) is 4.93. The molecule has 1 fully saturated rings. The third kappa shape index (κ3) is 3.96. The average Bonchev–Trinajstić information content (AvgIpc) is 2.89. The molecule has 20 heavy (non-hydrogen) atoms. The minimum Gasteiger partial charge on any atom is -0.354 e. The van der Waals surface area contributed by atoms with Crippen molar-refractivity contribution in [2.24, 2.45) is 0 Å². The first-order chi connectivity index (χ1) is 9.47. The molecule has 3 nitrogen and oxygen atoms in total. The van der Waals surface area contributed by atoms with E-state index in [0.717, 1.165) is 25.5 Å². The van der Waals surface area contributed by atoms with Crippen LogP contribution in [0.15, 0.2) is 24.3 Å². The molecule has 1 aromatic carbocycles. The Balaban J connectivity index is 1.93. The number of hydrogen-bond acceptors (Lipinski definition) is 2. The van der Waals surface area contributed by atoms with Crippen molar-refractivity contribution in [3.63, 3.8) is 0 Å². The van der Waals surface area contributed by atoms with E-state index in [1.165, 1.54) is 18.2 Å². The highest BCUT2D eigenvalue weighted by molar-refractivity contribution is 5.79. The number of nitrogens with one attached hydrogen (secondary N) is 2. The molecule has 0 spiro atoms. The Hall–Kier alpha value is -1.56. The maximum atomic E-state index is 12.8. The van der Waals surface area contributed by atoms with Crippen molar-refractivity contribution in [1.29, 1.82) is 0 Å². The lowest BCUT2D eigenvalue weighted by molar-refractivity contribution is -0.138. The molecule has 0 bridgehead atoms. The third-order valence-corrected chi connectivity index (χ3v) is 3.38. The molecule has 1 aliphatic heterocycles. The zero-order chi connectivity index (χ0) is 14.6. The van der Waals surface area contributed by atoms with Crippen LogP contribution in [-0.4, -0.2) is 25.0 Å². The fourth-order valence-corrected chi connectivity index (χ4v) is 2.35. The van der Waals surface area contributed by atoms with Crippen LogP contribution in [0.1, 0.15) is 24.0 Å². The van der Waals surface area contributed by atoms with Crippen molar-refractivity contribution in [3.05, 3.63) is 35.4 Å². The minimum atomic E-state index is -4.43. The number of amides is 1.